The molecule has 96 valence electrons. The van der Waals surface area contributed by atoms with Gasteiger partial charge in [-0.25, -0.2) is 0 Å². The van der Waals surface area contributed by atoms with Crippen molar-refractivity contribution >= 4 is 23.2 Å². The summed E-state index contributed by atoms with van der Waals surface area (Å²) in [6.07, 6.45) is 5.05. The Labute approximate surface area is 117 Å². The quantitative estimate of drug-likeness (QED) is 0.723. The van der Waals surface area contributed by atoms with Gasteiger partial charge in [0.1, 0.15) is 0 Å². The van der Waals surface area contributed by atoms with Crippen molar-refractivity contribution in [2.24, 2.45) is 0 Å². The number of benzene rings is 1. The second-order valence-electron chi connectivity index (χ2n) is 4.95. The van der Waals surface area contributed by atoms with Gasteiger partial charge in [0.05, 0.1) is 0 Å². The lowest BCUT2D eigenvalue weighted by Crippen LogP contribution is -2.19. The topological polar surface area (TPSA) is 17.1 Å². The van der Waals surface area contributed by atoms with Crippen molar-refractivity contribution in [3.8, 4) is 0 Å². The van der Waals surface area contributed by atoms with Gasteiger partial charge in [0.2, 0.25) is 0 Å². The van der Waals surface area contributed by atoms with Gasteiger partial charge in [0.15, 0.2) is 5.78 Å². The molecule has 1 aromatic carbocycles. The smallest absolute Gasteiger partial charge is 0.166 e. The summed E-state index contributed by atoms with van der Waals surface area (Å²) in [5.74, 6) is 0.364. The lowest BCUT2D eigenvalue weighted by atomic mass is 9.79. The molecular formula is C17H16OS. The Bertz CT molecular complexity index is 581. The summed E-state index contributed by atoms with van der Waals surface area (Å²) in [7, 11) is 0. The van der Waals surface area contributed by atoms with E-state index in [1.54, 1.807) is 11.3 Å². The molecule has 2 aromatic rings. The van der Waals surface area contributed by atoms with Gasteiger partial charge in [-0.2, -0.15) is 11.3 Å². The zero-order chi connectivity index (χ0) is 13.1. The highest BCUT2D eigenvalue weighted by molar-refractivity contribution is 7.08. The van der Waals surface area contributed by atoms with Crippen LogP contribution in [0.5, 0.6) is 0 Å². The van der Waals surface area contributed by atoms with Crippen molar-refractivity contribution in [2.45, 2.75) is 25.2 Å². The van der Waals surface area contributed by atoms with Gasteiger partial charge in [-0.05, 0) is 58.9 Å². The van der Waals surface area contributed by atoms with Crippen LogP contribution in [-0.4, -0.2) is 5.78 Å². The summed E-state index contributed by atoms with van der Waals surface area (Å²) in [4.78, 5) is 12.6. The normalized spacial score (nSPS) is 21.8. The Hall–Kier alpha value is -1.67. The molecule has 0 aliphatic heterocycles. The summed E-state index contributed by atoms with van der Waals surface area (Å²) in [6.45, 7) is 0. The summed E-state index contributed by atoms with van der Waals surface area (Å²) in [6, 6.07) is 12.2. The first-order valence-electron chi connectivity index (χ1n) is 6.66. The number of rotatable bonds is 2. The summed E-state index contributed by atoms with van der Waals surface area (Å²) >= 11 is 1.67. The van der Waals surface area contributed by atoms with Gasteiger partial charge in [-0.15, -0.1) is 0 Å². The third kappa shape index (κ3) is 2.69. The fourth-order valence-electron chi connectivity index (χ4n) is 2.68. The van der Waals surface area contributed by atoms with E-state index in [1.807, 2.05) is 23.6 Å². The van der Waals surface area contributed by atoms with E-state index in [0.717, 1.165) is 36.0 Å². The van der Waals surface area contributed by atoms with E-state index in [1.165, 1.54) is 0 Å². The second kappa shape index (κ2) is 5.54. The molecule has 0 radical (unpaired) electrons. The first-order chi connectivity index (χ1) is 9.34. The maximum Gasteiger partial charge on any atom is 0.166 e. The van der Waals surface area contributed by atoms with E-state index in [4.69, 9.17) is 0 Å². The molecule has 2 heteroatoms. The largest absolute Gasteiger partial charge is 0.294 e. The highest BCUT2D eigenvalue weighted by Crippen LogP contribution is 2.33. The Morgan fingerprint density at radius 2 is 2.00 bits per heavy atom. The Balaban J connectivity index is 1.88. The van der Waals surface area contributed by atoms with Crippen LogP contribution in [0.3, 0.4) is 0 Å². The SMILES string of the molecule is O=C1C(=Cc2ccsc2)CCC[C@@H]1c1ccccc1. The number of Topliss-reactive ketones (excluding diaryl/α,β-unsaturated/α-hetero) is 1. The molecule has 0 N–H and O–H groups in total. The van der Waals surface area contributed by atoms with Crippen LogP contribution in [0, 0.1) is 0 Å². The number of hydrogen-bond donors (Lipinski definition) is 0. The van der Waals surface area contributed by atoms with Crippen molar-refractivity contribution in [3.63, 3.8) is 0 Å². The van der Waals surface area contributed by atoms with E-state index in [2.05, 4.69) is 29.7 Å². The minimum absolute atomic E-state index is 0.0554. The highest BCUT2D eigenvalue weighted by atomic mass is 32.1. The summed E-state index contributed by atoms with van der Waals surface area (Å²) in [5.41, 5.74) is 3.30. The molecule has 1 aliphatic rings. The van der Waals surface area contributed by atoms with Crippen molar-refractivity contribution in [3.05, 3.63) is 63.9 Å². The minimum atomic E-state index is 0.0554. The number of allylic oxidation sites excluding steroid dienone is 1. The molecule has 0 spiro atoms. The van der Waals surface area contributed by atoms with E-state index in [0.29, 0.717) is 5.78 Å². The molecule has 0 bridgehead atoms. The van der Waals surface area contributed by atoms with Gasteiger partial charge in [-0.3, -0.25) is 4.79 Å². The predicted molar refractivity (Wildman–Crippen MR) is 80.3 cm³/mol. The lowest BCUT2D eigenvalue weighted by molar-refractivity contribution is -0.117. The fourth-order valence-corrected chi connectivity index (χ4v) is 3.30. The lowest BCUT2D eigenvalue weighted by Gasteiger charge is -2.23. The molecule has 19 heavy (non-hydrogen) atoms. The van der Waals surface area contributed by atoms with Crippen molar-refractivity contribution in [1.29, 1.82) is 0 Å². The Morgan fingerprint density at radius 3 is 2.74 bits per heavy atom. The average Bonchev–Trinajstić information content (AvgIpc) is 2.95. The predicted octanol–water partition coefficient (Wildman–Crippen LogP) is 4.67. The first kappa shape index (κ1) is 12.4. The maximum atomic E-state index is 12.6. The minimum Gasteiger partial charge on any atom is -0.294 e. The van der Waals surface area contributed by atoms with Gasteiger partial charge in [0.25, 0.3) is 0 Å². The van der Waals surface area contributed by atoms with Crippen molar-refractivity contribution in [2.75, 3.05) is 0 Å². The zero-order valence-corrected chi connectivity index (χ0v) is 11.5. The molecule has 1 aromatic heterocycles. The molecule has 0 saturated heterocycles. The molecule has 1 nitrogen and oxygen atoms in total. The molecule has 0 amide bonds. The second-order valence-corrected chi connectivity index (χ2v) is 5.73. The number of thiophene rings is 1. The zero-order valence-electron chi connectivity index (χ0n) is 10.7. The van der Waals surface area contributed by atoms with Crippen LogP contribution >= 0.6 is 11.3 Å². The van der Waals surface area contributed by atoms with Gasteiger partial charge in [0, 0.05) is 5.92 Å². The molecule has 1 saturated carbocycles. The third-order valence-corrected chi connectivity index (χ3v) is 4.36. The monoisotopic (exact) mass is 268 g/mol. The maximum absolute atomic E-state index is 12.6. The molecule has 1 fully saturated rings. The molecular weight excluding hydrogens is 252 g/mol. The highest BCUT2D eigenvalue weighted by Gasteiger charge is 2.27. The van der Waals surface area contributed by atoms with Gasteiger partial charge >= 0.3 is 0 Å². The van der Waals surface area contributed by atoms with Gasteiger partial charge in [-0.1, -0.05) is 30.3 Å². The van der Waals surface area contributed by atoms with Crippen LogP contribution in [0.1, 0.15) is 36.3 Å². The third-order valence-electron chi connectivity index (χ3n) is 3.66. The summed E-state index contributed by atoms with van der Waals surface area (Å²) in [5, 5.41) is 4.14. The molecule has 0 unspecified atom stereocenters. The van der Waals surface area contributed by atoms with Crippen LogP contribution in [0.4, 0.5) is 0 Å². The molecule has 3 rings (SSSR count). The molecule has 1 aliphatic carbocycles. The average molecular weight is 268 g/mol. The number of ketones is 1. The molecule has 1 atom stereocenters. The number of hydrogen-bond acceptors (Lipinski definition) is 2. The van der Waals surface area contributed by atoms with Crippen molar-refractivity contribution in [1.82, 2.24) is 0 Å². The summed E-state index contributed by atoms with van der Waals surface area (Å²) < 4.78 is 0. The van der Waals surface area contributed by atoms with E-state index < -0.39 is 0 Å². The van der Waals surface area contributed by atoms with Crippen LogP contribution < -0.4 is 0 Å². The number of carbonyl (C=O) groups is 1. The molecule has 1 heterocycles. The van der Waals surface area contributed by atoms with Crippen LogP contribution in [0.25, 0.3) is 6.08 Å². The Kier molecular flexibility index (Phi) is 3.60. The van der Waals surface area contributed by atoms with Crippen LogP contribution in [-0.2, 0) is 4.79 Å². The van der Waals surface area contributed by atoms with Gasteiger partial charge < -0.3 is 0 Å². The van der Waals surface area contributed by atoms with E-state index in [9.17, 15) is 4.79 Å². The fraction of sp³-hybridized carbons (Fsp3) is 0.235. The standard InChI is InChI=1S/C17H16OS/c18-17-15(11-13-9-10-19-12-13)7-4-8-16(17)14-5-2-1-3-6-14/h1-3,5-6,9-12,16H,4,7-8H2/t16-/m1/s1. The van der Waals surface area contributed by atoms with Crippen molar-refractivity contribution < 1.29 is 4.79 Å². The van der Waals surface area contributed by atoms with Crippen LogP contribution in [0.15, 0.2) is 52.7 Å². The first-order valence-corrected chi connectivity index (χ1v) is 7.61. The van der Waals surface area contributed by atoms with E-state index >= 15 is 0 Å². The number of carbonyl (C=O) groups excluding carboxylic acids is 1. The van der Waals surface area contributed by atoms with E-state index in [-0.39, 0.29) is 5.92 Å². The van der Waals surface area contributed by atoms with Crippen LogP contribution in [0.2, 0.25) is 0 Å². The Morgan fingerprint density at radius 1 is 1.16 bits per heavy atom.